The number of carbonyl (C=O) groups is 1. The van der Waals surface area contributed by atoms with E-state index in [2.05, 4.69) is 0 Å². The number of alkyl halides is 1. The molecule has 0 heterocycles. The molecule has 0 spiro atoms. The van der Waals surface area contributed by atoms with Gasteiger partial charge in [0.25, 0.3) is 5.91 Å². The summed E-state index contributed by atoms with van der Waals surface area (Å²) < 4.78 is 0. The van der Waals surface area contributed by atoms with E-state index in [-0.39, 0.29) is 5.91 Å². The molecule has 0 saturated carbocycles. The molecule has 0 radical (unpaired) electrons. The van der Waals surface area contributed by atoms with Crippen molar-refractivity contribution < 1.29 is 4.79 Å². The fraction of sp³-hybridized carbons (Fsp3) is 0.133. The van der Waals surface area contributed by atoms with Gasteiger partial charge in [0.1, 0.15) is 0 Å². The van der Waals surface area contributed by atoms with Gasteiger partial charge >= 0.3 is 0 Å². The van der Waals surface area contributed by atoms with Crippen molar-refractivity contribution in [2.24, 2.45) is 0 Å². The molecule has 1 amide bonds. The maximum absolute atomic E-state index is 12.4. The van der Waals surface area contributed by atoms with Crippen LogP contribution in [0.25, 0.3) is 0 Å². The fourth-order valence-corrected chi connectivity index (χ4v) is 1.95. The summed E-state index contributed by atoms with van der Waals surface area (Å²) in [4.78, 5) is 14.1. The molecule has 0 atom stereocenters. The third kappa shape index (κ3) is 2.90. The molecule has 0 saturated heterocycles. The van der Waals surface area contributed by atoms with Crippen LogP contribution in [0.3, 0.4) is 0 Å². The Hall–Kier alpha value is -1.80. The van der Waals surface area contributed by atoms with Gasteiger partial charge < -0.3 is 4.90 Å². The molecular formula is C15H14ClNO. The van der Waals surface area contributed by atoms with Gasteiger partial charge in [0.15, 0.2) is 0 Å². The minimum atomic E-state index is -0.0255. The number of nitrogens with zero attached hydrogens (tertiary/aromatic N) is 1. The summed E-state index contributed by atoms with van der Waals surface area (Å²) in [6, 6.07) is 18.8. The first-order chi connectivity index (χ1) is 8.83. The highest BCUT2D eigenvalue weighted by molar-refractivity contribution is 6.18. The van der Waals surface area contributed by atoms with Crippen molar-refractivity contribution in [3.63, 3.8) is 0 Å². The Labute approximate surface area is 112 Å². The van der Waals surface area contributed by atoms with E-state index < -0.39 is 0 Å². The van der Waals surface area contributed by atoms with Crippen LogP contribution in [0.5, 0.6) is 0 Å². The van der Waals surface area contributed by atoms with E-state index in [9.17, 15) is 4.79 Å². The number of anilines is 1. The molecule has 2 aromatic carbocycles. The highest BCUT2D eigenvalue weighted by atomic mass is 35.5. The molecule has 2 aromatic rings. The van der Waals surface area contributed by atoms with Crippen molar-refractivity contribution in [1.82, 2.24) is 0 Å². The van der Waals surface area contributed by atoms with Crippen LogP contribution in [-0.4, -0.2) is 18.3 Å². The van der Waals surface area contributed by atoms with Crippen molar-refractivity contribution in [1.29, 1.82) is 0 Å². The van der Waals surface area contributed by atoms with Gasteiger partial charge in [-0.2, -0.15) is 0 Å². The number of para-hydroxylation sites is 1. The van der Waals surface area contributed by atoms with E-state index in [1.165, 1.54) is 0 Å². The number of halogens is 1. The number of amides is 1. The molecule has 0 aliphatic carbocycles. The largest absolute Gasteiger partial charge is 0.307 e. The standard InChI is InChI=1S/C15H14ClNO/c16-11-12-17(14-9-5-2-6-10-14)15(18)13-7-3-1-4-8-13/h1-10H,11-12H2. The number of hydrogen-bond donors (Lipinski definition) is 0. The van der Waals surface area contributed by atoms with E-state index in [1.54, 1.807) is 4.90 Å². The maximum atomic E-state index is 12.4. The van der Waals surface area contributed by atoms with E-state index in [1.807, 2.05) is 60.7 Å². The molecule has 3 heteroatoms. The molecule has 92 valence electrons. The quantitative estimate of drug-likeness (QED) is 0.769. The molecule has 2 nitrogen and oxygen atoms in total. The van der Waals surface area contributed by atoms with Gasteiger partial charge in [-0.3, -0.25) is 4.79 Å². The zero-order valence-electron chi connectivity index (χ0n) is 9.92. The van der Waals surface area contributed by atoms with Crippen LogP contribution in [0.1, 0.15) is 10.4 Å². The lowest BCUT2D eigenvalue weighted by atomic mass is 10.2. The lowest BCUT2D eigenvalue weighted by Gasteiger charge is -2.21. The SMILES string of the molecule is O=C(c1ccccc1)N(CCCl)c1ccccc1. The Balaban J connectivity index is 2.29. The van der Waals surface area contributed by atoms with Gasteiger partial charge in [-0.1, -0.05) is 36.4 Å². The smallest absolute Gasteiger partial charge is 0.258 e. The Morgan fingerprint density at radius 3 is 2.06 bits per heavy atom. The monoisotopic (exact) mass is 259 g/mol. The summed E-state index contributed by atoms with van der Waals surface area (Å²) in [7, 11) is 0. The third-order valence-corrected chi connectivity index (χ3v) is 2.81. The van der Waals surface area contributed by atoms with Gasteiger partial charge in [-0.05, 0) is 24.3 Å². The Morgan fingerprint density at radius 1 is 0.944 bits per heavy atom. The topological polar surface area (TPSA) is 20.3 Å². The molecular weight excluding hydrogens is 246 g/mol. The first-order valence-corrected chi connectivity index (χ1v) is 6.34. The average molecular weight is 260 g/mol. The highest BCUT2D eigenvalue weighted by Crippen LogP contribution is 2.16. The molecule has 0 aromatic heterocycles. The Morgan fingerprint density at radius 2 is 1.50 bits per heavy atom. The Kier molecular flexibility index (Phi) is 4.37. The van der Waals surface area contributed by atoms with Crippen molar-refractivity contribution >= 4 is 23.2 Å². The molecule has 0 fully saturated rings. The minimum Gasteiger partial charge on any atom is -0.307 e. The first kappa shape index (κ1) is 12.7. The fourth-order valence-electron chi connectivity index (χ4n) is 1.78. The molecule has 2 rings (SSSR count). The second-order valence-electron chi connectivity index (χ2n) is 3.85. The Bertz CT molecular complexity index is 498. The molecule has 0 bridgehead atoms. The van der Waals surface area contributed by atoms with E-state index in [0.29, 0.717) is 18.0 Å². The third-order valence-electron chi connectivity index (χ3n) is 2.64. The number of rotatable bonds is 4. The van der Waals surface area contributed by atoms with E-state index in [4.69, 9.17) is 11.6 Å². The molecule has 0 aliphatic heterocycles. The van der Waals surface area contributed by atoms with Crippen LogP contribution in [0.15, 0.2) is 60.7 Å². The number of benzene rings is 2. The first-order valence-electron chi connectivity index (χ1n) is 5.81. The lowest BCUT2D eigenvalue weighted by molar-refractivity contribution is 0.0988. The molecule has 18 heavy (non-hydrogen) atoms. The van der Waals surface area contributed by atoms with Gasteiger partial charge in [0.05, 0.1) is 0 Å². The molecule has 0 N–H and O–H groups in total. The van der Waals surface area contributed by atoms with Gasteiger partial charge in [-0.15, -0.1) is 11.6 Å². The second-order valence-corrected chi connectivity index (χ2v) is 4.23. The maximum Gasteiger partial charge on any atom is 0.258 e. The lowest BCUT2D eigenvalue weighted by Crippen LogP contribution is -2.32. The van der Waals surface area contributed by atoms with Crippen molar-refractivity contribution in [2.45, 2.75) is 0 Å². The van der Waals surface area contributed by atoms with Crippen LogP contribution in [0, 0.1) is 0 Å². The summed E-state index contributed by atoms with van der Waals surface area (Å²) in [5.41, 5.74) is 1.54. The second kappa shape index (κ2) is 6.22. The summed E-state index contributed by atoms with van der Waals surface area (Å²) in [6.45, 7) is 0.499. The number of carbonyl (C=O) groups excluding carboxylic acids is 1. The number of hydrogen-bond acceptors (Lipinski definition) is 1. The molecule has 0 unspecified atom stereocenters. The predicted molar refractivity (Wildman–Crippen MR) is 75.3 cm³/mol. The van der Waals surface area contributed by atoms with Crippen LogP contribution in [0.4, 0.5) is 5.69 Å². The van der Waals surface area contributed by atoms with Crippen LogP contribution < -0.4 is 4.90 Å². The highest BCUT2D eigenvalue weighted by Gasteiger charge is 2.16. The summed E-state index contributed by atoms with van der Waals surface area (Å²) in [5.74, 6) is 0.385. The summed E-state index contributed by atoms with van der Waals surface area (Å²) in [6.07, 6.45) is 0. The van der Waals surface area contributed by atoms with Crippen molar-refractivity contribution in [3.05, 3.63) is 66.2 Å². The zero-order valence-corrected chi connectivity index (χ0v) is 10.7. The van der Waals surface area contributed by atoms with Crippen molar-refractivity contribution in [3.8, 4) is 0 Å². The summed E-state index contributed by atoms with van der Waals surface area (Å²) >= 11 is 5.78. The summed E-state index contributed by atoms with van der Waals surface area (Å²) in [5, 5.41) is 0. The minimum absolute atomic E-state index is 0.0255. The van der Waals surface area contributed by atoms with Gasteiger partial charge in [0, 0.05) is 23.7 Å². The van der Waals surface area contributed by atoms with Gasteiger partial charge in [-0.25, -0.2) is 0 Å². The van der Waals surface area contributed by atoms with Gasteiger partial charge in [0.2, 0.25) is 0 Å². The predicted octanol–water partition coefficient (Wildman–Crippen LogP) is 3.57. The zero-order chi connectivity index (χ0) is 12.8. The average Bonchev–Trinajstić information content (AvgIpc) is 2.46. The van der Waals surface area contributed by atoms with E-state index in [0.717, 1.165) is 5.69 Å². The van der Waals surface area contributed by atoms with Crippen LogP contribution >= 0.6 is 11.6 Å². The molecule has 0 aliphatic rings. The van der Waals surface area contributed by atoms with Crippen molar-refractivity contribution in [2.75, 3.05) is 17.3 Å². The van der Waals surface area contributed by atoms with E-state index >= 15 is 0 Å². The normalized spacial score (nSPS) is 10.1. The van der Waals surface area contributed by atoms with Crippen LogP contribution in [-0.2, 0) is 0 Å². The van der Waals surface area contributed by atoms with Crippen LogP contribution in [0.2, 0.25) is 0 Å².